The van der Waals surface area contributed by atoms with Gasteiger partial charge in [0.2, 0.25) is 5.95 Å². The van der Waals surface area contributed by atoms with Crippen molar-refractivity contribution in [3.8, 4) is 5.69 Å². The summed E-state index contributed by atoms with van der Waals surface area (Å²) in [5.74, 6) is 0.141. The summed E-state index contributed by atoms with van der Waals surface area (Å²) in [6, 6.07) is 10.7. The third-order valence-corrected chi connectivity index (χ3v) is 3.57. The van der Waals surface area contributed by atoms with E-state index in [9.17, 15) is 13.2 Å². The summed E-state index contributed by atoms with van der Waals surface area (Å²) >= 11 is 3.35. The fourth-order valence-electron chi connectivity index (χ4n) is 2.16. The first-order valence-electron chi connectivity index (χ1n) is 5.97. The summed E-state index contributed by atoms with van der Waals surface area (Å²) in [6.07, 6.45) is -4.40. The Morgan fingerprint density at radius 1 is 1.10 bits per heavy atom. The summed E-state index contributed by atoms with van der Waals surface area (Å²) < 4.78 is 40.6. The third kappa shape index (κ3) is 2.49. The van der Waals surface area contributed by atoms with Crippen molar-refractivity contribution >= 4 is 32.9 Å². The molecule has 3 nitrogen and oxygen atoms in total. The van der Waals surface area contributed by atoms with Crippen molar-refractivity contribution in [1.82, 2.24) is 9.55 Å². The van der Waals surface area contributed by atoms with Gasteiger partial charge in [-0.2, -0.15) is 13.2 Å². The van der Waals surface area contributed by atoms with Crippen molar-refractivity contribution in [3.05, 3.63) is 52.5 Å². The van der Waals surface area contributed by atoms with Gasteiger partial charge in [0.1, 0.15) is 0 Å². The Labute approximate surface area is 126 Å². The molecule has 0 saturated carbocycles. The van der Waals surface area contributed by atoms with Gasteiger partial charge in [-0.1, -0.05) is 22.0 Å². The highest BCUT2D eigenvalue weighted by atomic mass is 79.9. The highest BCUT2D eigenvalue weighted by molar-refractivity contribution is 9.10. The monoisotopic (exact) mass is 355 g/mol. The number of halogens is 4. The Morgan fingerprint density at radius 3 is 2.52 bits per heavy atom. The van der Waals surface area contributed by atoms with Crippen LogP contribution in [0.3, 0.4) is 0 Å². The lowest BCUT2D eigenvalue weighted by atomic mass is 10.2. The van der Waals surface area contributed by atoms with Crippen molar-refractivity contribution in [2.24, 2.45) is 0 Å². The molecular weight excluding hydrogens is 347 g/mol. The van der Waals surface area contributed by atoms with Crippen LogP contribution >= 0.6 is 15.9 Å². The van der Waals surface area contributed by atoms with Crippen LogP contribution in [0.4, 0.5) is 19.1 Å². The number of nitrogen functional groups attached to an aromatic ring is 1. The van der Waals surface area contributed by atoms with Crippen molar-refractivity contribution in [2.45, 2.75) is 6.18 Å². The Bertz CT molecular complexity index is 824. The maximum atomic E-state index is 12.7. The minimum atomic E-state index is -4.40. The lowest BCUT2D eigenvalue weighted by molar-refractivity contribution is -0.137. The maximum Gasteiger partial charge on any atom is 0.416 e. The van der Waals surface area contributed by atoms with Crippen LogP contribution in [0.1, 0.15) is 5.56 Å². The molecule has 2 N–H and O–H groups in total. The van der Waals surface area contributed by atoms with Crippen LogP contribution < -0.4 is 5.73 Å². The zero-order valence-corrected chi connectivity index (χ0v) is 12.1. The van der Waals surface area contributed by atoms with Crippen molar-refractivity contribution < 1.29 is 13.2 Å². The number of alkyl halides is 3. The van der Waals surface area contributed by atoms with Crippen LogP contribution in [0.25, 0.3) is 16.7 Å². The van der Waals surface area contributed by atoms with Gasteiger partial charge in [-0.05, 0) is 36.4 Å². The average Bonchev–Trinajstić information content (AvgIpc) is 2.72. The molecule has 0 spiro atoms. The van der Waals surface area contributed by atoms with Crippen LogP contribution in [0.15, 0.2) is 46.9 Å². The molecule has 1 heterocycles. The van der Waals surface area contributed by atoms with Crippen LogP contribution in [-0.2, 0) is 6.18 Å². The van der Waals surface area contributed by atoms with Gasteiger partial charge in [-0.15, -0.1) is 0 Å². The minimum Gasteiger partial charge on any atom is -0.369 e. The molecule has 1 aromatic heterocycles. The van der Waals surface area contributed by atoms with E-state index in [1.54, 1.807) is 10.6 Å². The highest BCUT2D eigenvalue weighted by Crippen LogP contribution is 2.33. The Kier molecular flexibility index (Phi) is 3.16. The SMILES string of the molecule is Nc1nc2cc(C(F)(F)F)ccc2n1-c1cccc(Br)c1. The molecule has 0 bridgehead atoms. The first-order valence-corrected chi connectivity index (χ1v) is 6.77. The molecule has 2 aromatic carbocycles. The summed E-state index contributed by atoms with van der Waals surface area (Å²) in [6.45, 7) is 0. The van der Waals surface area contributed by atoms with E-state index in [0.29, 0.717) is 5.52 Å². The molecule has 0 fully saturated rings. The predicted molar refractivity (Wildman–Crippen MR) is 78.2 cm³/mol. The highest BCUT2D eigenvalue weighted by Gasteiger charge is 2.31. The van der Waals surface area contributed by atoms with Crippen LogP contribution in [0.2, 0.25) is 0 Å². The molecule has 7 heteroatoms. The molecule has 0 aliphatic carbocycles. The lowest BCUT2D eigenvalue weighted by Crippen LogP contribution is -2.04. The second-order valence-corrected chi connectivity index (χ2v) is 5.40. The molecular formula is C14H9BrF3N3. The molecule has 0 amide bonds. The molecule has 108 valence electrons. The second kappa shape index (κ2) is 4.77. The number of imidazole rings is 1. The number of aromatic nitrogens is 2. The summed E-state index contributed by atoms with van der Waals surface area (Å²) in [7, 11) is 0. The fourth-order valence-corrected chi connectivity index (χ4v) is 2.55. The van der Waals surface area contributed by atoms with Gasteiger partial charge in [-0.3, -0.25) is 4.57 Å². The summed E-state index contributed by atoms with van der Waals surface area (Å²) in [4.78, 5) is 4.02. The number of benzene rings is 2. The predicted octanol–water partition coefficient (Wildman–Crippen LogP) is 4.39. The third-order valence-electron chi connectivity index (χ3n) is 3.07. The van der Waals surface area contributed by atoms with Gasteiger partial charge >= 0.3 is 6.18 Å². The van der Waals surface area contributed by atoms with Crippen LogP contribution in [-0.4, -0.2) is 9.55 Å². The number of nitrogens with two attached hydrogens (primary N) is 1. The van der Waals surface area contributed by atoms with E-state index in [0.717, 1.165) is 22.3 Å². The zero-order valence-electron chi connectivity index (χ0n) is 10.5. The number of hydrogen-bond donors (Lipinski definition) is 1. The molecule has 0 unspecified atom stereocenters. The number of anilines is 1. The van der Waals surface area contributed by atoms with E-state index < -0.39 is 11.7 Å². The van der Waals surface area contributed by atoms with E-state index in [1.165, 1.54) is 6.07 Å². The van der Waals surface area contributed by atoms with Crippen molar-refractivity contribution in [3.63, 3.8) is 0 Å². The lowest BCUT2D eigenvalue weighted by Gasteiger charge is -2.08. The topological polar surface area (TPSA) is 43.8 Å². The number of hydrogen-bond acceptors (Lipinski definition) is 2. The number of nitrogens with zero attached hydrogens (tertiary/aromatic N) is 2. The molecule has 3 aromatic rings. The normalized spacial score (nSPS) is 12.0. The Balaban J connectivity index is 2.23. The molecule has 0 aliphatic rings. The number of rotatable bonds is 1. The largest absolute Gasteiger partial charge is 0.416 e. The van der Waals surface area contributed by atoms with Crippen molar-refractivity contribution in [2.75, 3.05) is 5.73 Å². The molecule has 0 aliphatic heterocycles. The molecule has 21 heavy (non-hydrogen) atoms. The molecule has 3 rings (SSSR count). The van der Waals surface area contributed by atoms with E-state index in [1.807, 2.05) is 18.2 Å². The van der Waals surface area contributed by atoms with Gasteiger partial charge in [-0.25, -0.2) is 4.98 Å². The maximum absolute atomic E-state index is 12.7. The minimum absolute atomic E-state index is 0.141. The van der Waals surface area contributed by atoms with Crippen molar-refractivity contribution in [1.29, 1.82) is 0 Å². The van der Waals surface area contributed by atoms with E-state index >= 15 is 0 Å². The Morgan fingerprint density at radius 2 is 1.86 bits per heavy atom. The quantitative estimate of drug-likeness (QED) is 0.703. The fraction of sp³-hybridized carbons (Fsp3) is 0.0714. The molecule has 0 atom stereocenters. The Hall–Kier alpha value is -2.02. The standard InChI is InChI=1S/C14H9BrF3N3/c15-9-2-1-3-10(7-9)21-12-5-4-8(14(16,17)18)6-11(12)20-13(21)19/h1-7H,(H2,19,20). The zero-order chi connectivity index (χ0) is 15.2. The van der Waals surface area contributed by atoms with E-state index in [2.05, 4.69) is 20.9 Å². The smallest absolute Gasteiger partial charge is 0.369 e. The summed E-state index contributed by atoms with van der Waals surface area (Å²) in [5.41, 5.74) is 6.57. The first kappa shape index (κ1) is 13.9. The molecule has 0 saturated heterocycles. The van der Waals surface area contributed by atoms with Gasteiger partial charge in [0.05, 0.1) is 22.3 Å². The second-order valence-electron chi connectivity index (χ2n) is 4.49. The van der Waals surface area contributed by atoms with E-state index in [-0.39, 0.29) is 11.5 Å². The molecule has 0 radical (unpaired) electrons. The van der Waals surface area contributed by atoms with Gasteiger partial charge in [0.15, 0.2) is 0 Å². The summed E-state index contributed by atoms with van der Waals surface area (Å²) in [5, 5.41) is 0. The van der Waals surface area contributed by atoms with Gasteiger partial charge < -0.3 is 5.73 Å². The van der Waals surface area contributed by atoms with Crippen LogP contribution in [0, 0.1) is 0 Å². The average molecular weight is 356 g/mol. The first-order chi connectivity index (χ1) is 9.86. The van der Waals surface area contributed by atoms with Crippen LogP contribution in [0.5, 0.6) is 0 Å². The van der Waals surface area contributed by atoms with Gasteiger partial charge in [0.25, 0.3) is 0 Å². The number of fused-ring (bicyclic) bond motifs is 1. The van der Waals surface area contributed by atoms with Gasteiger partial charge in [0, 0.05) is 4.47 Å². The van der Waals surface area contributed by atoms with E-state index in [4.69, 9.17) is 5.73 Å².